The Labute approximate surface area is 142 Å². The van der Waals surface area contributed by atoms with Crippen molar-refractivity contribution in [1.82, 2.24) is 19.4 Å². The van der Waals surface area contributed by atoms with E-state index in [1.807, 2.05) is 28.9 Å². The topological polar surface area (TPSA) is 76.5 Å². The Morgan fingerprint density at radius 2 is 2.21 bits per heavy atom. The smallest absolute Gasteiger partial charge is 0.208 e. The van der Waals surface area contributed by atoms with Crippen molar-refractivity contribution in [1.29, 1.82) is 0 Å². The lowest BCUT2D eigenvalue weighted by molar-refractivity contribution is 0.168. The zero-order valence-corrected chi connectivity index (χ0v) is 14.7. The second kappa shape index (κ2) is 6.92. The summed E-state index contributed by atoms with van der Waals surface area (Å²) in [6.07, 6.45) is 2.94. The lowest BCUT2D eigenvalue weighted by atomic mass is 10.1. The third kappa shape index (κ3) is 4.14. The third-order valence-electron chi connectivity index (χ3n) is 4.07. The third-order valence-corrected chi connectivity index (χ3v) is 4.77. The largest absolute Gasteiger partial charge is 0.497 e. The fourth-order valence-electron chi connectivity index (χ4n) is 3.01. The van der Waals surface area contributed by atoms with E-state index in [1.54, 1.807) is 13.3 Å². The van der Waals surface area contributed by atoms with Gasteiger partial charge in [0, 0.05) is 32.4 Å². The van der Waals surface area contributed by atoms with E-state index in [0.717, 1.165) is 36.6 Å². The van der Waals surface area contributed by atoms with E-state index in [-0.39, 0.29) is 6.04 Å². The van der Waals surface area contributed by atoms with Crippen molar-refractivity contribution in [3.05, 3.63) is 47.8 Å². The molecule has 1 aromatic heterocycles. The van der Waals surface area contributed by atoms with E-state index >= 15 is 0 Å². The Morgan fingerprint density at radius 3 is 2.96 bits per heavy atom. The van der Waals surface area contributed by atoms with Gasteiger partial charge in [0.15, 0.2) is 0 Å². The lowest BCUT2D eigenvalue weighted by Crippen LogP contribution is -2.42. The van der Waals surface area contributed by atoms with Crippen LogP contribution in [0.5, 0.6) is 5.75 Å². The van der Waals surface area contributed by atoms with Crippen LogP contribution in [0.3, 0.4) is 0 Å². The summed E-state index contributed by atoms with van der Waals surface area (Å²) in [6.45, 7) is 2.63. The Bertz CT molecular complexity index is 803. The number of nitrogens with zero attached hydrogens (tertiary/aromatic N) is 3. The summed E-state index contributed by atoms with van der Waals surface area (Å²) in [7, 11) is -1.56. The molecule has 1 atom stereocenters. The fraction of sp³-hybridized carbons (Fsp3) is 0.438. The van der Waals surface area contributed by atoms with Crippen LogP contribution in [0.15, 0.2) is 36.5 Å². The molecule has 0 radical (unpaired) electrons. The van der Waals surface area contributed by atoms with Gasteiger partial charge in [-0.1, -0.05) is 12.1 Å². The molecule has 3 rings (SSSR count). The van der Waals surface area contributed by atoms with E-state index in [4.69, 9.17) is 4.74 Å². The summed E-state index contributed by atoms with van der Waals surface area (Å²) >= 11 is 0. The highest BCUT2D eigenvalue weighted by atomic mass is 32.2. The average Bonchev–Trinajstić information content (AvgIpc) is 3.00. The van der Waals surface area contributed by atoms with Gasteiger partial charge >= 0.3 is 0 Å². The first-order valence-electron chi connectivity index (χ1n) is 7.77. The van der Waals surface area contributed by atoms with Crippen LogP contribution in [-0.4, -0.2) is 49.6 Å². The van der Waals surface area contributed by atoms with Gasteiger partial charge in [0.05, 0.1) is 25.1 Å². The van der Waals surface area contributed by atoms with E-state index in [0.29, 0.717) is 6.54 Å². The zero-order chi connectivity index (χ0) is 17.2. The minimum atomic E-state index is -3.22. The number of aromatic nitrogens is 2. The van der Waals surface area contributed by atoms with Gasteiger partial charge in [0.25, 0.3) is 0 Å². The molecule has 0 bridgehead atoms. The SMILES string of the molecule is COc1cccc(CN2Cc3ccnn3[C@H](CNS(C)(=O)=O)C2)c1. The standard InChI is InChI=1S/C16H22N4O3S/c1-23-16-5-3-4-13(8-16)10-19-11-14-6-7-17-20(14)15(12-19)9-18-24(2,21)22/h3-8,15,18H,9-12H2,1-2H3/t15-/m1/s1. The van der Waals surface area contributed by atoms with Crippen molar-refractivity contribution >= 4 is 10.0 Å². The molecular formula is C16H22N4O3S. The van der Waals surface area contributed by atoms with E-state index < -0.39 is 10.0 Å². The molecule has 0 amide bonds. The van der Waals surface area contributed by atoms with Crippen LogP contribution < -0.4 is 9.46 Å². The van der Waals surface area contributed by atoms with Gasteiger partial charge in [-0.25, -0.2) is 13.1 Å². The predicted octanol–water partition coefficient (Wildman–Crippen LogP) is 0.998. The summed E-state index contributed by atoms with van der Waals surface area (Å²) in [5.74, 6) is 0.838. The molecule has 8 heteroatoms. The number of fused-ring (bicyclic) bond motifs is 1. The summed E-state index contributed by atoms with van der Waals surface area (Å²) in [5.41, 5.74) is 2.25. The Hall–Kier alpha value is -1.90. The van der Waals surface area contributed by atoms with Crippen LogP contribution in [0.2, 0.25) is 0 Å². The molecular weight excluding hydrogens is 328 g/mol. The van der Waals surface area contributed by atoms with E-state index in [2.05, 4.69) is 20.8 Å². The minimum Gasteiger partial charge on any atom is -0.497 e. The quantitative estimate of drug-likeness (QED) is 0.841. The van der Waals surface area contributed by atoms with Crippen LogP contribution in [0, 0.1) is 0 Å². The molecule has 7 nitrogen and oxygen atoms in total. The molecule has 0 saturated carbocycles. The van der Waals surface area contributed by atoms with Crippen LogP contribution in [0.4, 0.5) is 0 Å². The maximum Gasteiger partial charge on any atom is 0.208 e. The fourth-order valence-corrected chi connectivity index (χ4v) is 3.51. The summed E-state index contributed by atoms with van der Waals surface area (Å²) < 4.78 is 32.6. The Kier molecular flexibility index (Phi) is 4.88. The molecule has 130 valence electrons. The molecule has 2 heterocycles. The zero-order valence-electron chi connectivity index (χ0n) is 13.8. The van der Waals surface area contributed by atoms with E-state index in [9.17, 15) is 8.42 Å². The molecule has 24 heavy (non-hydrogen) atoms. The highest BCUT2D eigenvalue weighted by Crippen LogP contribution is 2.23. The molecule has 0 fully saturated rings. The maximum absolute atomic E-state index is 11.4. The van der Waals surface area contributed by atoms with Gasteiger partial charge in [-0.15, -0.1) is 0 Å². The Balaban J connectivity index is 1.74. The van der Waals surface area contributed by atoms with Crippen LogP contribution >= 0.6 is 0 Å². The number of sulfonamides is 1. The number of nitrogens with one attached hydrogen (secondary N) is 1. The van der Waals surface area contributed by atoms with Crippen molar-refractivity contribution in [2.75, 3.05) is 26.5 Å². The summed E-state index contributed by atoms with van der Waals surface area (Å²) in [6, 6.07) is 9.95. The van der Waals surface area contributed by atoms with Crippen molar-refractivity contribution in [3.8, 4) is 5.75 Å². The number of benzene rings is 1. The molecule has 1 aromatic carbocycles. The van der Waals surface area contributed by atoms with Crippen LogP contribution in [-0.2, 0) is 23.1 Å². The van der Waals surface area contributed by atoms with Gasteiger partial charge in [-0.3, -0.25) is 9.58 Å². The van der Waals surface area contributed by atoms with E-state index in [1.165, 1.54) is 6.26 Å². The van der Waals surface area contributed by atoms with Crippen molar-refractivity contribution in [2.45, 2.75) is 19.1 Å². The molecule has 0 aliphatic carbocycles. The number of rotatable bonds is 6. The molecule has 1 N–H and O–H groups in total. The van der Waals surface area contributed by atoms with Crippen molar-refractivity contribution in [3.63, 3.8) is 0 Å². The molecule has 1 aliphatic rings. The first kappa shape index (κ1) is 16.9. The van der Waals surface area contributed by atoms with Crippen molar-refractivity contribution < 1.29 is 13.2 Å². The van der Waals surface area contributed by atoms with Crippen LogP contribution in [0.25, 0.3) is 0 Å². The number of hydrogen-bond donors (Lipinski definition) is 1. The first-order valence-corrected chi connectivity index (χ1v) is 9.66. The molecule has 0 spiro atoms. The number of hydrogen-bond acceptors (Lipinski definition) is 5. The summed E-state index contributed by atoms with van der Waals surface area (Å²) in [5, 5.41) is 4.34. The van der Waals surface area contributed by atoms with Gasteiger partial charge in [-0.2, -0.15) is 5.10 Å². The Morgan fingerprint density at radius 1 is 1.38 bits per heavy atom. The minimum absolute atomic E-state index is 0.0240. The summed E-state index contributed by atoms with van der Waals surface area (Å²) in [4.78, 5) is 2.29. The van der Waals surface area contributed by atoms with Gasteiger partial charge in [0.1, 0.15) is 5.75 Å². The highest BCUT2D eigenvalue weighted by Gasteiger charge is 2.26. The number of methoxy groups -OCH3 is 1. The monoisotopic (exact) mass is 350 g/mol. The second-order valence-electron chi connectivity index (χ2n) is 6.06. The first-order chi connectivity index (χ1) is 11.4. The normalized spacial score (nSPS) is 18.3. The van der Waals surface area contributed by atoms with Gasteiger partial charge in [-0.05, 0) is 23.8 Å². The average molecular weight is 350 g/mol. The molecule has 0 unspecified atom stereocenters. The number of ether oxygens (including phenoxy) is 1. The highest BCUT2D eigenvalue weighted by molar-refractivity contribution is 7.88. The van der Waals surface area contributed by atoms with Gasteiger partial charge < -0.3 is 4.74 Å². The van der Waals surface area contributed by atoms with Gasteiger partial charge in [0.2, 0.25) is 10.0 Å². The van der Waals surface area contributed by atoms with Crippen LogP contribution in [0.1, 0.15) is 17.3 Å². The maximum atomic E-state index is 11.4. The molecule has 1 aliphatic heterocycles. The predicted molar refractivity (Wildman–Crippen MR) is 91.2 cm³/mol. The molecule has 2 aromatic rings. The van der Waals surface area contributed by atoms with Crippen molar-refractivity contribution in [2.24, 2.45) is 0 Å². The second-order valence-corrected chi connectivity index (χ2v) is 7.90. The lowest BCUT2D eigenvalue weighted by Gasteiger charge is -2.34. The molecule has 0 saturated heterocycles.